The predicted molar refractivity (Wildman–Crippen MR) is 112 cm³/mol. The van der Waals surface area contributed by atoms with Crippen molar-refractivity contribution >= 4 is 44.5 Å². The number of benzene rings is 3. The van der Waals surface area contributed by atoms with Gasteiger partial charge in [0.25, 0.3) is 0 Å². The molecule has 4 rings (SSSR count). The molecule has 0 aliphatic heterocycles. The highest BCUT2D eigenvalue weighted by atomic mass is 79.9. The fourth-order valence-electron chi connectivity index (χ4n) is 2.75. The summed E-state index contributed by atoms with van der Waals surface area (Å²) in [5.41, 5.74) is 1.78. The lowest BCUT2D eigenvalue weighted by Crippen LogP contribution is -2.09. The molecule has 0 spiro atoms. The van der Waals surface area contributed by atoms with Gasteiger partial charge in [-0.3, -0.25) is 4.79 Å². The number of hydrogen-bond acceptors (Lipinski definition) is 4. The summed E-state index contributed by atoms with van der Waals surface area (Å²) in [4.78, 5) is 25.0. The number of ether oxygens (including phenoxy) is 1. The summed E-state index contributed by atoms with van der Waals surface area (Å²) in [5, 5.41) is 0.942. The van der Waals surface area contributed by atoms with Crippen LogP contribution < -0.4 is 10.2 Å². The summed E-state index contributed by atoms with van der Waals surface area (Å²) in [5.74, 6) is -0.239. The largest absolute Gasteiger partial charge is 0.463 e. The molecule has 0 radical (unpaired) electrons. The summed E-state index contributed by atoms with van der Waals surface area (Å²) in [7, 11) is 0. The average molecular weight is 456 g/mol. The molecule has 3 aromatic carbocycles. The smallest absolute Gasteiger partial charge is 0.343 e. The van der Waals surface area contributed by atoms with Gasteiger partial charge in [0.2, 0.25) is 0 Å². The Labute approximate surface area is 173 Å². The van der Waals surface area contributed by atoms with Crippen LogP contribution in [0.1, 0.15) is 10.4 Å². The molecule has 0 bridgehead atoms. The number of carbonyl (C=O) groups is 1. The molecule has 28 heavy (non-hydrogen) atoms. The maximum atomic E-state index is 12.8. The highest BCUT2D eigenvalue weighted by Gasteiger charge is 2.13. The van der Waals surface area contributed by atoms with Crippen molar-refractivity contribution in [3.05, 3.63) is 98.3 Å². The number of halogens is 2. The summed E-state index contributed by atoms with van der Waals surface area (Å²) < 4.78 is 11.9. The molecule has 0 saturated carbocycles. The van der Waals surface area contributed by atoms with Crippen LogP contribution in [-0.2, 0) is 0 Å². The molecule has 6 heteroatoms. The van der Waals surface area contributed by atoms with Crippen LogP contribution in [0.25, 0.3) is 22.1 Å². The van der Waals surface area contributed by atoms with Gasteiger partial charge < -0.3 is 9.15 Å². The minimum Gasteiger partial charge on any atom is -0.463 e. The summed E-state index contributed by atoms with van der Waals surface area (Å²) >= 11 is 9.20. The van der Waals surface area contributed by atoms with Crippen molar-refractivity contribution in [3.63, 3.8) is 0 Å². The van der Waals surface area contributed by atoms with E-state index in [4.69, 9.17) is 20.8 Å². The quantitative estimate of drug-likeness (QED) is 0.277. The normalized spacial score (nSPS) is 10.8. The van der Waals surface area contributed by atoms with Crippen LogP contribution in [0.2, 0.25) is 5.02 Å². The van der Waals surface area contributed by atoms with Crippen LogP contribution in [0.3, 0.4) is 0 Å². The van der Waals surface area contributed by atoms with E-state index in [1.54, 1.807) is 36.4 Å². The van der Waals surface area contributed by atoms with Gasteiger partial charge in [-0.15, -0.1) is 0 Å². The van der Waals surface area contributed by atoms with Crippen LogP contribution >= 0.6 is 27.5 Å². The maximum absolute atomic E-state index is 12.8. The van der Waals surface area contributed by atoms with Crippen LogP contribution in [0, 0.1) is 0 Å². The van der Waals surface area contributed by atoms with Crippen molar-refractivity contribution in [2.24, 2.45) is 0 Å². The van der Waals surface area contributed by atoms with E-state index in [-0.39, 0.29) is 11.2 Å². The van der Waals surface area contributed by atoms with E-state index >= 15 is 0 Å². The lowest BCUT2D eigenvalue weighted by Gasteiger charge is -2.07. The number of esters is 1. The number of hydrogen-bond donors (Lipinski definition) is 0. The fraction of sp³-hybridized carbons (Fsp3) is 0. The Morgan fingerprint density at radius 3 is 2.39 bits per heavy atom. The van der Waals surface area contributed by atoms with Crippen LogP contribution in [0.4, 0.5) is 0 Å². The number of carbonyl (C=O) groups excluding carboxylic acids is 1. The molecule has 0 aliphatic carbocycles. The van der Waals surface area contributed by atoms with Gasteiger partial charge in [0, 0.05) is 15.6 Å². The highest BCUT2D eigenvalue weighted by Crippen LogP contribution is 2.25. The van der Waals surface area contributed by atoms with Gasteiger partial charge in [-0.2, -0.15) is 0 Å². The van der Waals surface area contributed by atoms with Gasteiger partial charge in [-0.1, -0.05) is 39.7 Å². The van der Waals surface area contributed by atoms with Crippen molar-refractivity contribution < 1.29 is 13.9 Å². The summed E-state index contributed by atoms with van der Waals surface area (Å²) in [6.45, 7) is 0. The molecule has 0 saturated heterocycles. The van der Waals surface area contributed by atoms with Gasteiger partial charge >= 0.3 is 5.97 Å². The molecule has 4 nitrogen and oxygen atoms in total. The second-order valence-electron chi connectivity index (χ2n) is 6.04. The van der Waals surface area contributed by atoms with Crippen LogP contribution in [0.15, 0.2) is 86.7 Å². The lowest BCUT2D eigenvalue weighted by molar-refractivity contribution is 0.0735. The Hall–Kier alpha value is -2.89. The molecule has 0 unspecified atom stereocenters. The predicted octanol–water partition coefficient (Wildman–Crippen LogP) is 6.10. The zero-order chi connectivity index (χ0) is 19.7. The van der Waals surface area contributed by atoms with Crippen molar-refractivity contribution in [3.8, 4) is 16.9 Å². The van der Waals surface area contributed by atoms with Gasteiger partial charge in [0.1, 0.15) is 17.6 Å². The van der Waals surface area contributed by atoms with E-state index in [1.807, 2.05) is 24.3 Å². The van der Waals surface area contributed by atoms with E-state index in [1.165, 1.54) is 12.3 Å². The third-order valence-electron chi connectivity index (χ3n) is 4.19. The molecule has 0 atom stereocenters. The van der Waals surface area contributed by atoms with Gasteiger partial charge in [-0.25, -0.2) is 4.79 Å². The Morgan fingerprint density at radius 1 is 0.964 bits per heavy atom. The molecule has 1 heterocycles. The molecular weight excluding hydrogens is 444 g/mol. The van der Waals surface area contributed by atoms with E-state index in [9.17, 15) is 9.59 Å². The number of fused-ring (bicyclic) bond motifs is 1. The van der Waals surface area contributed by atoms with Gasteiger partial charge in [0.15, 0.2) is 5.43 Å². The van der Waals surface area contributed by atoms with Gasteiger partial charge in [0.05, 0.1) is 16.5 Å². The van der Waals surface area contributed by atoms with E-state index in [2.05, 4.69) is 15.9 Å². The number of rotatable bonds is 3. The Balaban J connectivity index is 1.65. The van der Waals surface area contributed by atoms with Crippen molar-refractivity contribution in [2.75, 3.05) is 0 Å². The van der Waals surface area contributed by atoms with E-state index in [0.717, 1.165) is 10.0 Å². The zero-order valence-electron chi connectivity index (χ0n) is 14.3. The highest BCUT2D eigenvalue weighted by molar-refractivity contribution is 9.10. The Bertz CT molecular complexity index is 1230. The zero-order valence-corrected chi connectivity index (χ0v) is 16.7. The third kappa shape index (κ3) is 3.72. The van der Waals surface area contributed by atoms with E-state index < -0.39 is 5.97 Å². The van der Waals surface area contributed by atoms with Crippen molar-refractivity contribution in [1.29, 1.82) is 0 Å². The maximum Gasteiger partial charge on any atom is 0.343 e. The molecule has 1 aromatic heterocycles. The molecular formula is C22H12BrClO4. The second kappa shape index (κ2) is 7.62. The van der Waals surface area contributed by atoms with Crippen LogP contribution in [0.5, 0.6) is 5.75 Å². The summed E-state index contributed by atoms with van der Waals surface area (Å²) in [6, 6.07) is 18.5. The Morgan fingerprint density at radius 2 is 1.68 bits per heavy atom. The van der Waals surface area contributed by atoms with E-state index in [0.29, 0.717) is 27.1 Å². The fourth-order valence-corrected chi connectivity index (χ4v) is 3.14. The van der Waals surface area contributed by atoms with Crippen molar-refractivity contribution in [2.45, 2.75) is 0 Å². The monoisotopic (exact) mass is 454 g/mol. The first-order chi connectivity index (χ1) is 13.5. The minimum absolute atomic E-state index is 0.154. The first-order valence-electron chi connectivity index (χ1n) is 8.30. The molecule has 0 aliphatic rings. The molecule has 0 N–H and O–H groups in total. The molecule has 0 fully saturated rings. The van der Waals surface area contributed by atoms with Crippen molar-refractivity contribution in [1.82, 2.24) is 0 Å². The standard InChI is InChI=1S/C22H12BrClO4/c23-15-5-1-13(2-6-15)19-12-27-20-11-17(9-10-18(20)21(19)25)28-22(26)14-3-7-16(24)8-4-14/h1-12H. The summed E-state index contributed by atoms with van der Waals surface area (Å²) in [6.07, 6.45) is 1.42. The lowest BCUT2D eigenvalue weighted by atomic mass is 10.1. The first kappa shape index (κ1) is 18.5. The average Bonchev–Trinajstić information content (AvgIpc) is 2.69. The minimum atomic E-state index is -0.523. The molecule has 138 valence electrons. The third-order valence-corrected chi connectivity index (χ3v) is 4.97. The molecule has 4 aromatic rings. The first-order valence-corrected chi connectivity index (χ1v) is 9.47. The molecule has 0 amide bonds. The van der Waals surface area contributed by atoms with Crippen LogP contribution in [-0.4, -0.2) is 5.97 Å². The SMILES string of the molecule is O=C(Oc1ccc2c(=O)c(-c3ccc(Br)cc3)coc2c1)c1ccc(Cl)cc1. The Kier molecular flexibility index (Phi) is 5.03. The van der Waals surface area contributed by atoms with Gasteiger partial charge in [-0.05, 0) is 54.1 Å². The topological polar surface area (TPSA) is 56.5 Å². The second-order valence-corrected chi connectivity index (χ2v) is 7.39.